The van der Waals surface area contributed by atoms with Crippen molar-refractivity contribution in [3.63, 3.8) is 0 Å². The Hall–Kier alpha value is -2.45. The Labute approximate surface area is 177 Å². The molecule has 1 fully saturated rings. The first-order valence-corrected chi connectivity index (χ1v) is 11.6. The fourth-order valence-corrected chi connectivity index (χ4v) is 4.90. The number of amides is 1. The Morgan fingerprint density at radius 1 is 1.07 bits per heavy atom. The molecule has 1 amide bonds. The van der Waals surface area contributed by atoms with Crippen LogP contribution in [0.3, 0.4) is 0 Å². The van der Waals surface area contributed by atoms with Crippen LogP contribution in [0.4, 0.5) is 10.1 Å². The number of nitrogens with one attached hydrogen (secondary N) is 1. The van der Waals surface area contributed by atoms with Gasteiger partial charge in [0.25, 0.3) is 10.0 Å². The van der Waals surface area contributed by atoms with Gasteiger partial charge in [-0.15, -0.1) is 0 Å². The molecule has 0 radical (unpaired) electrons. The minimum atomic E-state index is -4.02. The Bertz CT molecular complexity index is 941. The summed E-state index contributed by atoms with van der Waals surface area (Å²) in [7, 11) is -4.02. The number of sulfonamides is 1. The molecular formula is C22H28FN3O3S. The van der Waals surface area contributed by atoms with E-state index in [0.717, 1.165) is 48.1 Å². The molecule has 0 spiro atoms. The second-order valence-corrected chi connectivity index (χ2v) is 9.42. The molecule has 1 N–H and O–H groups in total. The van der Waals surface area contributed by atoms with Crippen molar-refractivity contribution in [2.75, 3.05) is 37.0 Å². The van der Waals surface area contributed by atoms with Gasteiger partial charge in [-0.05, 0) is 82.2 Å². The molecule has 0 unspecified atom stereocenters. The zero-order chi connectivity index (χ0) is 21.6. The Balaban J connectivity index is 1.70. The van der Waals surface area contributed by atoms with E-state index >= 15 is 0 Å². The molecule has 1 heterocycles. The van der Waals surface area contributed by atoms with Crippen molar-refractivity contribution in [1.29, 1.82) is 0 Å². The van der Waals surface area contributed by atoms with E-state index in [1.165, 1.54) is 25.0 Å². The Kier molecular flexibility index (Phi) is 7.44. The largest absolute Gasteiger partial charge is 0.354 e. The summed E-state index contributed by atoms with van der Waals surface area (Å²) in [6, 6.07) is 11.5. The standard InChI is InChI=1S/C22H28FN3O3S/c1-18-5-9-20(10-6-18)26(30(28,29)21-11-7-19(23)8-12-21)17-22(27)24-13-4-16-25-14-2-3-15-25/h5-12H,2-4,13-17H2,1H3,(H,24,27). The van der Waals surface area contributed by atoms with Crippen LogP contribution in [-0.2, 0) is 14.8 Å². The zero-order valence-electron chi connectivity index (χ0n) is 17.2. The maximum atomic E-state index is 13.3. The molecule has 0 aromatic heterocycles. The molecule has 2 aromatic rings. The van der Waals surface area contributed by atoms with Crippen LogP contribution < -0.4 is 9.62 Å². The third-order valence-electron chi connectivity index (χ3n) is 5.18. The number of nitrogens with zero attached hydrogens (tertiary/aromatic N) is 2. The lowest BCUT2D eigenvalue weighted by molar-refractivity contribution is -0.119. The molecule has 1 aliphatic heterocycles. The van der Waals surface area contributed by atoms with Crippen molar-refractivity contribution in [3.05, 3.63) is 59.9 Å². The second-order valence-electron chi connectivity index (χ2n) is 7.55. The number of aryl methyl sites for hydroxylation is 1. The quantitative estimate of drug-likeness (QED) is 0.618. The highest BCUT2D eigenvalue weighted by molar-refractivity contribution is 7.92. The van der Waals surface area contributed by atoms with Crippen molar-refractivity contribution >= 4 is 21.6 Å². The molecule has 1 aliphatic rings. The van der Waals surface area contributed by atoms with Crippen LogP contribution in [0.2, 0.25) is 0 Å². The molecule has 0 bridgehead atoms. The monoisotopic (exact) mass is 433 g/mol. The molecule has 30 heavy (non-hydrogen) atoms. The molecule has 8 heteroatoms. The minimum Gasteiger partial charge on any atom is -0.354 e. The maximum absolute atomic E-state index is 13.3. The van der Waals surface area contributed by atoms with Crippen molar-refractivity contribution < 1.29 is 17.6 Å². The lowest BCUT2D eigenvalue weighted by atomic mass is 10.2. The number of likely N-dealkylation sites (tertiary alicyclic amines) is 1. The molecule has 1 saturated heterocycles. The summed E-state index contributed by atoms with van der Waals surface area (Å²) >= 11 is 0. The molecule has 6 nitrogen and oxygen atoms in total. The third-order valence-corrected chi connectivity index (χ3v) is 6.97. The van der Waals surface area contributed by atoms with Crippen LogP contribution in [0.1, 0.15) is 24.8 Å². The van der Waals surface area contributed by atoms with E-state index in [2.05, 4.69) is 10.2 Å². The normalized spacial score (nSPS) is 14.6. The SMILES string of the molecule is Cc1ccc(N(CC(=O)NCCCN2CCCC2)S(=O)(=O)c2ccc(F)cc2)cc1. The molecule has 2 aromatic carbocycles. The number of halogens is 1. The average molecular weight is 434 g/mol. The average Bonchev–Trinajstić information content (AvgIpc) is 3.24. The highest BCUT2D eigenvalue weighted by Crippen LogP contribution is 2.24. The van der Waals surface area contributed by atoms with Gasteiger partial charge < -0.3 is 10.2 Å². The smallest absolute Gasteiger partial charge is 0.264 e. The molecule has 0 atom stereocenters. The Morgan fingerprint density at radius 2 is 1.70 bits per heavy atom. The zero-order valence-corrected chi connectivity index (χ0v) is 18.0. The summed E-state index contributed by atoms with van der Waals surface area (Å²) < 4.78 is 40.7. The van der Waals surface area contributed by atoms with Crippen molar-refractivity contribution in [1.82, 2.24) is 10.2 Å². The van der Waals surface area contributed by atoms with Gasteiger partial charge in [-0.3, -0.25) is 9.10 Å². The van der Waals surface area contributed by atoms with Gasteiger partial charge in [0.05, 0.1) is 10.6 Å². The number of anilines is 1. The van der Waals surface area contributed by atoms with E-state index in [1.807, 2.05) is 6.92 Å². The molecule has 162 valence electrons. The van der Waals surface area contributed by atoms with E-state index in [9.17, 15) is 17.6 Å². The molecule has 0 saturated carbocycles. The third kappa shape index (κ3) is 5.79. The first-order valence-electron chi connectivity index (χ1n) is 10.2. The van der Waals surface area contributed by atoms with Crippen LogP contribution in [0.5, 0.6) is 0 Å². The van der Waals surface area contributed by atoms with Crippen molar-refractivity contribution in [3.8, 4) is 0 Å². The van der Waals surface area contributed by atoms with Crippen LogP contribution in [0.25, 0.3) is 0 Å². The Morgan fingerprint density at radius 3 is 2.33 bits per heavy atom. The van der Waals surface area contributed by atoms with Gasteiger partial charge in [-0.1, -0.05) is 17.7 Å². The van der Waals surface area contributed by atoms with Gasteiger partial charge in [0, 0.05) is 6.54 Å². The second kappa shape index (κ2) is 10.0. The summed E-state index contributed by atoms with van der Waals surface area (Å²) in [5, 5.41) is 2.82. The first kappa shape index (κ1) is 22.2. The summed E-state index contributed by atoms with van der Waals surface area (Å²) in [6.45, 7) is 5.18. The van der Waals surface area contributed by atoms with E-state index in [-0.39, 0.29) is 17.3 Å². The van der Waals surface area contributed by atoms with E-state index in [4.69, 9.17) is 0 Å². The van der Waals surface area contributed by atoms with Gasteiger partial charge in [0.15, 0.2) is 0 Å². The maximum Gasteiger partial charge on any atom is 0.264 e. The van der Waals surface area contributed by atoms with Crippen LogP contribution in [0, 0.1) is 12.7 Å². The first-order chi connectivity index (χ1) is 14.4. The fourth-order valence-electron chi connectivity index (χ4n) is 3.48. The van der Waals surface area contributed by atoms with E-state index < -0.39 is 15.8 Å². The highest BCUT2D eigenvalue weighted by Gasteiger charge is 2.27. The predicted molar refractivity (Wildman–Crippen MR) is 115 cm³/mol. The van der Waals surface area contributed by atoms with E-state index in [1.54, 1.807) is 24.3 Å². The summed E-state index contributed by atoms with van der Waals surface area (Å²) in [5.74, 6) is -0.894. The van der Waals surface area contributed by atoms with Crippen LogP contribution in [0.15, 0.2) is 53.4 Å². The lowest BCUT2D eigenvalue weighted by Crippen LogP contribution is -2.41. The number of benzene rings is 2. The van der Waals surface area contributed by atoms with Gasteiger partial charge >= 0.3 is 0 Å². The van der Waals surface area contributed by atoms with Crippen molar-refractivity contribution in [2.45, 2.75) is 31.1 Å². The summed E-state index contributed by atoms with van der Waals surface area (Å²) in [5.41, 5.74) is 1.36. The number of rotatable bonds is 9. The number of carbonyl (C=O) groups is 1. The molecule has 3 rings (SSSR count). The molecule has 0 aliphatic carbocycles. The predicted octanol–water partition coefficient (Wildman–Crippen LogP) is 2.93. The van der Waals surface area contributed by atoms with E-state index in [0.29, 0.717) is 12.2 Å². The highest BCUT2D eigenvalue weighted by atomic mass is 32.2. The minimum absolute atomic E-state index is 0.0636. The van der Waals surface area contributed by atoms with Gasteiger partial charge in [0.2, 0.25) is 5.91 Å². The summed E-state index contributed by atoms with van der Waals surface area (Å²) in [4.78, 5) is 14.8. The van der Waals surface area contributed by atoms with Gasteiger partial charge in [-0.25, -0.2) is 12.8 Å². The van der Waals surface area contributed by atoms with Gasteiger partial charge in [-0.2, -0.15) is 0 Å². The fraction of sp³-hybridized carbons (Fsp3) is 0.409. The van der Waals surface area contributed by atoms with Crippen molar-refractivity contribution in [2.24, 2.45) is 0 Å². The number of carbonyl (C=O) groups excluding carboxylic acids is 1. The topological polar surface area (TPSA) is 69.7 Å². The van der Waals surface area contributed by atoms with Crippen LogP contribution >= 0.6 is 0 Å². The summed E-state index contributed by atoms with van der Waals surface area (Å²) in [6.07, 6.45) is 3.26. The number of hydrogen-bond donors (Lipinski definition) is 1. The lowest BCUT2D eigenvalue weighted by Gasteiger charge is -2.24. The molecular weight excluding hydrogens is 405 g/mol. The van der Waals surface area contributed by atoms with Gasteiger partial charge in [0.1, 0.15) is 12.4 Å². The van der Waals surface area contributed by atoms with Crippen LogP contribution in [-0.4, -0.2) is 51.9 Å². The number of hydrogen-bond acceptors (Lipinski definition) is 4.